The predicted molar refractivity (Wildman–Crippen MR) is 72.3 cm³/mol. The lowest BCUT2D eigenvalue weighted by Gasteiger charge is -2.28. The second kappa shape index (κ2) is 5.01. The molecule has 1 amide bonds. The van der Waals surface area contributed by atoms with Crippen LogP contribution in [0, 0.1) is 0 Å². The van der Waals surface area contributed by atoms with Gasteiger partial charge in [-0.15, -0.1) is 0 Å². The zero-order valence-corrected chi connectivity index (χ0v) is 11.0. The topological polar surface area (TPSA) is 59.8 Å². The number of hydrogen-bond acceptors (Lipinski definition) is 3. The Morgan fingerprint density at radius 1 is 1.37 bits per heavy atom. The van der Waals surface area contributed by atoms with Gasteiger partial charge in [0, 0.05) is 24.6 Å². The third-order valence-electron chi connectivity index (χ3n) is 3.37. The van der Waals surface area contributed by atoms with Crippen molar-refractivity contribution in [1.29, 1.82) is 0 Å². The van der Waals surface area contributed by atoms with Gasteiger partial charge in [0.25, 0.3) is 5.91 Å². The van der Waals surface area contributed by atoms with Crippen LogP contribution in [0.4, 0.5) is 5.82 Å². The van der Waals surface area contributed by atoms with E-state index in [9.17, 15) is 4.79 Å². The summed E-state index contributed by atoms with van der Waals surface area (Å²) in [5.41, 5.74) is 0.631. The Hall–Kier alpha value is -1.88. The van der Waals surface area contributed by atoms with Gasteiger partial charge in [0.05, 0.1) is 0 Å². The van der Waals surface area contributed by atoms with Crippen LogP contribution in [0.2, 0.25) is 5.15 Å². The summed E-state index contributed by atoms with van der Waals surface area (Å²) in [6.45, 7) is 0. The van der Waals surface area contributed by atoms with Gasteiger partial charge in [-0.1, -0.05) is 11.6 Å². The molecule has 3 rings (SSSR count). The summed E-state index contributed by atoms with van der Waals surface area (Å²) in [7, 11) is 0. The molecule has 2 aromatic heterocycles. The molecule has 2 aromatic rings. The first-order valence-corrected chi connectivity index (χ1v) is 6.58. The highest BCUT2D eigenvalue weighted by Gasteiger charge is 2.23. The normalized spacial score (nSPS) is 15.0. The number of carbonyl (C=O) groups is 1. The van der Waals surface area contributed by atoms with E-state index in [-0.39, 0.29) is 16.9 Å². The number of nitrogens with one attached hydrogen (secondary N) is 1. The number of halogens is 1. The summed E-state index contributed by atoms with van der Waals surface area (Å²) in [5, 5.41) is 2.88. The molecule has 1 aliphatic rings. The van der Waals surface area contributed by atoms with Crippen LogP contribution in [-0.4, -0.2) is 20.4 Å². The molecule has 98 valence electrons. The van der Waals surface area contributed by atoms with Crippen molar-refractivity contribution in [3.8, 4) is 0 Å². The molecule has 5 nitrogen and oxygen atoms in total. The molecule has 0 bridgehead atoms. The number of anilines is 1. The van der Waals surface area contributed by atoms with E-state index in [1.807, 2.05) is 16.8 Å². The fourth-order valence-corrected chi connectivity index (χ4v) is 2.30. The molecule has 0 radical (unpaired) electrons. The van der Waals surface area contributed by atoms with E-state index in [4.69, 9.17) is 11.6 Å². The van der Waals surface area contributed by atoms with Crippen molar-refractivity contribution in [3.05, 3.63) is 41.6 Å². The summed E-state index contributed by atoms with van der Waals surface area (Å²) in [6.07, 6.45) is 8.39. The van der Waals surface area contributed by atoms with Gasteiger partial charge in [-0.05, 0) is 31.4 Å². The van der Waals surface area contributed by atoms with E-state index >= 15 is 0 Å². The summed E-state index contributed by atoms with van der Waals surface area (Å²) >= 11 is 5.88. The minimum absolute atomic E-state index is 0.192. The van der Waals surface area contributed by atoms with Gasteiger partial charge in [0.2, 0.25) is 0 Å². The molecular weight excluding hydrogens is 264 g/mol. The highest BCUT2D eigenvalue weighted by molar-refractivity contribution is 6.32. The summed E-state index contributed by atoms with van der Waals surface area (Å²) in [6, 6.07) is 4.12. The molecule has 0 unspecified atom stereocenters. The Morgan fingerprint density at radius 2 is 2.16 bits per heavy atom. The number of aromatic nitrogens is 3. The van der Waals surface area contributed by atoms with Crippen LogP contribution in [0.1, 0.15) is 35.8 Å². The Morgan fingerprint density at radius 3 is 2.84 bits per heavy atom. The Labute approximate surface area is 115 Å². The summed E-state index contributed by atoms with van der Waals surface area (Å²) < 4.78 is 2.02. The minimum Gasteiger partial charge on any atom is -0.340 e. The second-order valence-electron chi connectivity index (χ2n) is 4.54. The lowest BCUT2D eigenvalue weighted by Crippen LogP contribution is -2.23. The molecule has 6 heteroatoms. The van der Waals surface area contributed by atoms with E-state index in [0.717, 1.165) is 12.8 Å². The van der Waals surface area contributed by atoms with Crippen LogP contribution >= 0.6 is 11.6 Å². The lowest BCUT2D eigenvalue weighted by atomic mass is 9.93. The standard InChI is InChI=1S/C13H13ClN4O/c14-11-12(16-7-6-15-11)17-13(19)10-5-2-8-18(10)9-3-1-4-9/h2,5-9H,1,3-4H2,(H,16,17,19). The maximum atomic E-state index is 12.2. The van der Waals surface area contributed by atoms with Gasteiger partial charge >= 0.3 is 0 Å². The summed E-state index contributed by atoms with van der Waals surface area (Å²) in [5.74, 6) is 0.0785. The van der Waals surface area contributed by atoms with Crippen LogP contribution in [0.5, 0.6) is 0 Å². The van der Waals surface area contributed by atoms with E-state index < -0.39 is 0 Å². The van der Waals surface area contributed by atoms with Gasteiger partial charge in [-0.25, -0.2) is 9.97 Å². The number of carbonyl (C=O) groups excluding carboxylic acids is 1. The van der Waals surface area contributed by atoms with Gasteiger partial charge in [-0.2, -0.15) is 0 Å². The molecule has 19 heavy (non-hydrogen) atoms. The minimum atomic E-state index is -0.209. The molecule has 1 N–H and O–H groups in total. The Kier molecular flexibility index (Phi) is 3.21. The van der Waals surface area contributed by atoms with Gasteiger partial charge in [0.15, 0.2) is 11.0 Å². The van der Waals surface area contributed by atoms with Crippen molar-refractivity contribution in [2.75, 3.05) is 5.32 Å². The fourth-order valence-electron chi connectivity index (χ4n) is 2.15. The predicted octanol–water partition coefficient (Wildman–Crippen LogP) is 2.91. The quantitative estimate of drug-likeness (QED) is 0.938. The number of amides is 1. The third kappa shape index (κ3) is 2.33. The van der Waals surface area contributed by atoms with Crippen LogP contribution < -0.4 is 5.32 Å². The average molecular weight is 277 g/mol. The van der Waals surface area contributed by atoms with Crippen molar-refractivity contribution in [3.63, 3.8) is 0 Å². The van der Waals surface area contributed by atoms with Crippen LogP contribution in [-0.2, 0) is 0 Å². The lowest BCUT2D eigenvalue weighted by molar-refractivity contribution is 0.101. The zero-order chi connectivity index (χ0) is 13.2. The maximum Gasteiger partial charge on any atom is 0.273 e. The van der Waals surface area contributed by atoms with E-state index in [2.05, 4.69) is 15.3 Å². The van der Waals surface area contributed by atoms with Crippen molar-refractivity contribution in [1.82, 2.24) is 14.5 Å². The average Bonchev–Trinajstić information content (AvgIpc) is 2.79. The molecular formula is C13H13ClN4O. The van der Waals surface area contributed by atoms with Crippen molar-refractivity contribution in [2.24, 2.45) is 0 Å². The zero-order valence-electron chi connectivity index (χ0n) is 10.2. The van der Waals surface area contributed by atoms with E-state index in [1.165, 1.54) is 18.8 Å². The smallest absolute Gasteiger partial charge is 0.273 e. The Bertz CT molecular complexity index is 606. The van der Waals surface area contributed by atoms with Crippen molar-refractivity contribution in [2.45, 2.75) is 25.3 Å². The monoisotopic (exact) mass is 276 g/mol. The van der Waals surface area contributed by atoms with Gasteiger partial charge < -0.3 is 9.88 Å². The van der Waals surface area contributed by atoms with Crippen molar-refractivity contribution >= 4 is 23.3 Å². The second-order valence-corrected chi connectivity index (χ2v) is 4.89. The maximum absolute atomic E-state index is 12.2. The van der Waals surface area contributed by atoms with E-state index in [1.54, 1.807) is 6.07 Å². The van der Waals surface area contributed by atoms with Crippen LogP contribution in [0.3, 0.4) is 0 Å². The van der Waals surface area contributed by atoms with Gasteiger partial charge in [-0.3, -0.25) is 4.79 Å². The number of hydrogen-bond donors (Lipinski definition) is 1. The molecule has 0 atom stereocenters. The number of nitrogens with zero attached hydrogens (tertiary/aromatic N) is 3. The molecule has 1 fully saturated rings. The van der Waals surface area contributed by atoms with Gasteiger partial charge in [0.1, 0.15) is 5.69 Å². The number of rotatable bonds is 3. The molecule has 0 spiro atoms. The highest BCUT2D eigenvalue weighted by Crippen LogP contribution is 2.32. The fraction of sp³-hybridized carbons (Fsp3) is 0.308. The molecule has 0 aliphatic heterocycles. The third-order valence-corrected chi connectivity index (χ3v) is 3.64. The summed E-state index contributed by atoms with van der Waals surface area (Å²) in [4.78, 5) is 20.1. The Balaban J connectivity index is 1.81. The molecule has 1 saturated carbocycles. The molecule has 1 aliphatic carbocycles. The van der Waals surface area contributed by atoms with Crippen LogP contribution in [0.25, 0.3) is 0 Å². The van der Waals surface area contributed by atoms with E-state index in [0.29, 0.717) is 11.7 Å². The molecule has 0 aromatic carbocycles. The highest BCUT2D eigenvalue weighted by atomic mass is 35.5. The first kappa shape index (κ1) is 12.2. The van der Waals surface area contributed by atoms with Crippen molar-refractivity contribution < 1.29 is 4.79 Å². The molecule has 0 saturated heterocycles. The molecule has 2 heterocycles. The largest absolute Gasteiger partial charge is 0.340 e. The SMILES string of the molecule is O=C(Nc1nccnc1Cl)c1cccn1C1CCC1. The first-order chi connectivity index (χ1) is 9.25. The van der Waals surface area contributed by atoms with Crippen LogP contribution in [0.15, 0.2) is 30.7 Å². The first-order valence-electron chi connectivity index (χ1n) is 6.20.